The molecule has 1 heterocycles. The Hall–Kier alpha value is -3.35. The molecule has 1 aromatic heterocycles. The summed E-state index contributed by atoms with van der Waals surface area (Å²) in [7, 11) is 0. The Morgan fingerprint density at radius 3 is 2.62 bits per heavy atom. The fraction of sp³-hybridized carbons (Fsp3) is 0.407. The molecule has 2 amide bonds. The molecule has 2 aromatic carbocycles. The van der Waals surface area contributed by atoms with Gasteiger partial charge in [-0.25, -0.2) is 13.9 Å². The van der Waals surface area contributed by atoms with Crippen molar-refractivity contribution in [3.8, 4) is 17.3 Å². The van der Waals surface area contributed by atoms with E-state index in [0.29, 0.717) is 37.2 Å². The zero-order valence-corrected chi connectivity index (χ0v) is 20.1. The molecule has 0 bridgehead atoms. The zero-order valence-electron chi connectivity index (χ0n) is 20.1. The number of benzene rings is 2. The van der Waals surface area contributed by atoms with Gasteiger partial charge in [0.25, 0.3) is 0 Å². The molecule has 1 aliphatic carbocycles. The van der Waals surface area contributed by atoms with Crippen molar-refractivity contribution in [2.45, 2.75) is 52.5 Å². The maximum absolute atomic E-state index is 13.9. The van der Waals surface area contributed by atoms with Crippen LogP contribution in [0.3, 0.4) is 0 Å². The van der Waals surface area contributed by atoms with Crippen molar-refractivity contribution < 1.29 is 13.9 Å². The Bertz CT molecular complexity index is 1110. The van der Waals surface area contributed by atoms with Gasteiger partial charge in [-0.3, -0.25) is 0 Å². The molecule has 0 spiro atoms. The van der Waals surface area contributed by atoms with Crippen LogP contribution in [0.2, 0.25) is 0 Å². The van der Waals surface area contributed by atoms with E-state index in [9.17, 15) is 9.18 Å². The molecule has 1 saturated carbocycles. The summed E-state index contributed by atoms with van der Waals surface area (Å²) < 4.78 is 22.0. The number of ether oxygens (including phenoxy) is 1. The second-order valence-electron chi connectivity index (χ2n) is 9.19. The van der Waals surface area contributed by atoms with Crippen LogP contribution >= 0.6 is 0 Å². The third kappa shape index (κ3) is 5.76. The van der Waals surface area contributed by atoms with Crippen LogP contribution in [0.15, 0.2) is 54.6 Å². The Labute approximate surface area is 200 Å². The highest BCUT2D eigenvalue weighted by atomic mass is 19.1. The lowest BCUT2D eigenvalue weighted by Gasteiger charge is -2.24. The van der Waals surface area contributed by atoms with Gasteiger partial charge < -0.3 is 15.0 Å². The van der Waals surface area contributed by atoms with Gasteiger partial charge in [0.05, 0.1) is 23.5 Å². The van der Waals surface area contributed by atoms with E-state index in [-0.39, 0.29) is 17.8 Å². The number of amides is 2. The van der Waals surface area contributed by atoms with Crippen LogP contribution in [0.5, 0.6) is 11.6 Å². The van der Waals surface area contributed by atoms with Crippen LogP contribution in [0.1, 0.15) is 57.2 Å². The Morgan fingerprint density at radius 1 is 1.21 bits per heavy atom. The molecule has 0 atom stereocenters. The molecule has 180 valence electrons. The second-order valence-corrected chi connectivity index (χ2v) is 9.19. The van der Waals surface area contributed by atoms with Gasteiger partial charge in [0.15, 0.2) is 0 Å². The molecular formula is C27H33FN4O2. The van der Waals surface area contributed by atoms with Crippen molar-refractivity contribution >= 4 is 6.03 Å². The van der Waals surface area contributed by atoms with E-state index in [0.717, 1.165) is 36.2 Å². The van der Waals surface area contributed by atoms with Crippen molar-refractivity contribution in [3.63, 3.8) is 0 Å². The maximum Gasteiger partial charge on any atom is 0.317 e. The van der Waals surface area contributed by atoms with Crippen LogP contribution in [0.25, 0.3) is 5.69 Å². The standard InChI is InChI=1S/C27H33FN4O2/c1-4-15-29-27(33)31(17-20-13-14-20)18-24-25(19(2)3)30-32(22-10-6-5-7-11-22)26(24)34-23-12-8-9-21(28)16-23/h5-12,16,19-20H,4,13-15,17-18H2,1-3H3,(H,29,33). The third-order valence-electron chi connectivity index (χ3n) is 5.86. The molecule has 1 aliphatic rings. The summed E-state index contributed by atoms with van der Waals surface area (Å²) in [6.07, 6.45) is 3.16. The predicted molar refractivity (Wildman–Crippen MR) is 131 cm³/mol. The Balaban J connectivity index is 1.78. The largest absolute Gasteiger partial charge is 0.438 e. The minimum absolute atomic E-state index is 0.0763. The molecule has 7 heteroatoms. The Morgan fingerprint density at radius 2 is 1.97 bits per heavy atom. The van der Waals surface area contributed by atoms with Crippen molar-refractivity contribution in [2.24, 2.45) is 5.92 Å². The molecular weight excluding hydrogens is 431 g/mol. The summed E-state index contributed by atoms with van der Waals surface area (Å²) >= 11 is 0. The number of halogens is 1. The topological polar surface area (TPSA) is 59.4 Å². The van der Waals surface area contributed by atoms with Crippen LogP contribution in [-0.2, 0) is 6.54 Å². The van der Waals surface area contributed by atoms with E-state index in [1.807, 2.05) is 42.2 Å². The van der Waals surface area contributed by atoms with Crippen molar-refractivity contribution in [1.29, 1.82) is 0 Å². The maximum atomic E-state index is 13.9. The average Bonchev–Trinajstić information content (AvgIpc) is 3.58. The van der Waals surface area contributed by atoms with E-state index < -0.39 is 0 Å². The smallest absolute Gasteiger partial charge is 0.317 e. The number of nitrogens with zero attached hydrogens (tertiary/aromatic N) is 3. The predicted octanol–water partition coefficient (Wildman–Crippen LogP) is 6.26. The van der Waals surface area contributed by atoms with E-state index >= 15 is 0 Å². The zero-order chi connectivity index (χ0) is 24.1. The second kappa shape index (κ2) is 10.7. The van der Waals surface area contributed by atoms with Crippen molar-refractivity contribution in [3.05, 3.63) is 71.7 Å². The SMILES string of the molecule is CCCNC(=O)N(Cc1c(C(C)C)nn(-c2ccccc2)c1Oc1cccc(F)c1)CC1CC1. The first kappa shape index (κ1) is 23.8. The fourth-order valence-corrected chi connectivity index (χ4v) is 3.92. The summed E-state index contributed by atoms with van der Waals surface area (Å²) in [5.41, 5.74) is 2.54. The molecule has 0 aliphatic heterocycles. The number of hydrogen-bond donors (Lipinski definition) is 1. The monoisotopic (exact) mass is 464 g/mol. The summed E-state index contributed by atoms with van der Waals surface area (Å²) in [6, 6.07) is 15.7. The quantitative estimate of drug-likeness (QED) is 0.385. The molecule has 0 saturated heterocycles. The minimum atomic E-state index is -0.372. The lowest BCUT2D eigenvalue weighted by molar-refractivity contribution is 0.191. The van der Waals surface area contributed by atoms with E-state index in [1.165, 1.54) is 12.1 Å². The molecule has 6 nitrogen and oxygen atoms in total. The van der Waals surface area contributed by atoms with Crippen LogP contribution in [-0.4, -0.2) is 33.8 Å². The van der Waals surface area contributed by atoms with Gasteiger partial charge in [-0.15, -0.1) is 0 Å². The van der Waals surface area contributed by atoms with Gasteiger partial charge in [-0.2, -0.15) is 5.10 Å². The number of rotatable bonds is 10. The molecule has 1 fully saturated rings. The van der Waals surface area contributed by atoms with Crippen LogP contribution in [0, 0.1) is 11.7 Å². The number of hydrogen-bond acceptors (Lipinski definition) is 3. The summed E-state index contributed by atoms with van der Waals surface area (Å²) in [4.78, 5) is 14.9. The van der Waals surface area contributed by atoms with Crippen LogP contribution < -0.4 is 10.1 Å². The van der Waals surface area contributed by atoms with Gasteiger partial charge in [0, 0.05) is 19.2 Å². The Kier molecular flexibility index (Phi) is 7.50. The van der Waals surface area contributed by atoms with Gasteiger partial charge in [0.1, 0.15) is 11.6 Å². The number of nitrogens with one attached hydrogen (secondary N) is 1. The summed E-state index contributed by atoms with van der Waals surface area (Å²) in [6.45, 7) is 7.90. The van der Waals surface area contributed by atoms with Gasteiger partial charge in [0.2, 0.25) is 5.88 Å². The number of aromatic nitrogens is 2. The van der Waals surface area contributed by atoms with Crippen LogP contribution in [0.4, 0.5) is 9.18 Å². The summed E-state index contributed by atoms with van der Waals surface area (Å²) in [5.74, 6) is 1.16. The van der Waals surface area contributed by atoms with Crippen molar-refractivity contribution in [2.75, 3.05) is 13.1 Å². The van der Waals surface area contributed by atoms with Gasteiger partial charge in [-0.1, -0.05) is 45.0 Å². The molecule has 0 unspecified atom stereocenters. The van der Waals surface area contributed by atoms with Gasteiger partial charge >= 0.3 is 6.03 Å². The third-order valence-corrected chi connectivity index (χ3v) is 5.86. The first-order valence-electron chi connectivity index (χ1n) is 12.1. The minimum Gasteiger partial charge on any atom is -0.438 e. The number of para-hydroxylation sites is 1. The molecule has 3 aromatic rings. The average molecular weight is 465 g/mol. The summed E-state index contributed by atoms with van der Waals surface area (Å²) in [5, 5.41) is 7.93. The first-order chi connectivity index (χ1) is 16.5. The molecule has 34 heavy (non-hydrogen) atoms. The van der Waals surface area contributed by atoms with Crippen molar-refractivity contribution in [1.82, 2.24) is 20.0 Å². The number of urea groups is 1. The number of carbonyl (C=O) groups excluding carboxylic acids is 1. The first-order valence-corrected chi connectivity index (χ1v) is 12.1. The number of carbonyl (C=O) groups is 1. The van der Waals surface area contributed by atoms with Gasteiger partial charge in [-0.05, 0) is 55.4 Å². The highest BCUT2D eigenvalue weighted by Gasteiger charge is 2.30. The molecule has 1 N–H and O–H groups in total. The highest BCUT2D eigenvalue weighted by Crippen LogP contribution is 2.36. The van der Waals surface area contributed by atoms with E-state index in [1.54, 1.807) is 16.8 Å². The lowest BCUT2D eigenvalue weighted by atomic mass is 10.1. The normalized spacial score (nSPS) is 13.2. The highest BCUT2D eigenvalue weighted by molar-refractivity contribution is 5.74. The lowest BCUT2D eigenvalue weighted by Crippen LogP contribution is -2.41. The van der Waals surface area contributed by atoms with E-state index in [4.69, 9.17) is 9.84 Å². The van der Waals surface area contributed by atoms with E-state index in [2.05, 4.69) is 19.2 Å². The molecule has 0 radical (unpaired) electrons. The molecule has 4 rings (SSSR count). The fourth-order valence-electron chi connectivity index (χ4n) is 3.92.